The molecule has 0 bridgehead atoms. The van der Waals surface area contributed by atoms with Crippen LogP contribution in [0.4, 0.5) is 0 Å². The maximum absolute atomic E-state index is 5.19. The third kappa shape index (κ3) is 4.70. The molecule has 0 saturated heterocycles. The van der Waals surface area contributed by atoms with E-state index < -0.39 is 0 Å². The maximum atomic E-state index is 5.19. The number of hydrogen-bond acceptors (Lipinski definition) is 2. The predicted molar refractivity (Wildman–Crippen MR) is 80.7 cm³/mol. The zero-order valence-corrected chi connectivity index (χ0v) is 12.0. The van der Waals surface area contributed by atoms with Crippen LogP contribution in [0.25, 0.3) is 0 Å². The lowest BCUT2D eigenvalue weighted by Gasteiger charge is -2.21. The quantitative estimate of drug-likeness (QED) is 0.405. The Hall–Kier alpha value is -1.31. The Morgan fingerprint density at radius 2 is 1.89 bits per heavy atom. The average molecular weight is 259 g/mol. The summed E-state index contributed by atoms with van der Waals surface area (Å²) >= 11 is 0. The van der Waals surface area contributed by atoms with Gasteiger partial charge in [-0.25, -0.2) is 0 Å². The van der Waals surface area contributed by atoms with Crippen molar-refractivity contribution >= 4 is 6.21 Å². The van der Waals surface area contributed by atoms with Crippen molar-refractivity contribution in [2.75, 3.05) is 6.61 Å². The van der Waals surface area contributed by atoms with Crippen molar-refractivity contribution < 1.29 is 4.84 Å². The van der Waals surface area contributed by atoms with Crippen LogP contribution in [0, 0.1) is 0 Å². The summed E-state index contributed by atoms with van der Waals surface area (Å²) in [6, 6.07) is 8.81. The van der Waals surface area contributed by atoms with E-state index in [-0.39, 0.29) is 0 Å². The van der Waals surface area contributed by atoms with Gasteiger partial charge in [0.25, 0.3) is 0 Å². The maximum Gasteiger partial charge on any atom is 0.117 e. The standard InChI is InChI=1S/C17H25NO/c1-2-3-13-19-18-14-15-9-11-17(12-10-15)16-7-5-4-6-8-16/h9-12,14,16H,2-8,13H2,1H3. The van der Waals surface area contributed by atoms with Gasteiger partial charge in [0.2, 0.25) is 0 Å². The smallest absolute Gasteiger partial charge is 0.117 e. The lowest BCUT2D eigenvalue weighted by atomic mass is 9.84. The second kappa shape index (κ2) is 7.98. The fourth-order valence-corrected chi connectivity index (χ4v) is 2.65. The molecule has 0 amide bonds. The molecule has 2 rings (SSSR count). The summed E-state index contributed by atoms with van der Waals surface area (Å²) in [5.41, 5.74) is 2.61. The van der Waals surface area contributed by atoms with Crippen LogP contribution in [-0.4, -0.2) is 12.8 Å². The van der Waals surface area contributed by atoms with E-state index in [0.717, 1.165) is 24.3 Å². The molecule has 0 N–H and O–H groups in total. The SMILES string of the molecule is CCCCON=Cc1ccc(C2CCCCC2)cc1. The summed E-state index contributed by atoms with van der Waals surface area (Å²) in [5.74, 6) is 0.778. The van der Waals surface area contributed by atoms with Crippen LogP contribution < -0.4 is 0 Å². The molecule has 0 heterocycles. The van der Waals surface area contributed by atoms with Crippen LogP contribution in [0.2, 0.25) is 0 Å². The normalized spacial score (nSPS) is 16.9. The molecule has 0 radical (unpaired) electrons. The molecule has 2 heteroatoms. The van der Waals surface area contributed by atoms with Crippen LogP contribution in [0.15, 0.2) is 29.4 Å². The van der Waals surface area contributed by atoms with Gasteiger partial charge >= 0.3 is 0 Å². The van der Waals surface area contributed by atoms with E-state index in [1.54, 1.807) is 6.21 Å². The average Bonchev–Trinajstić information content (AvgIpc) is 2.49. The fourth-order valence-electron chi connectivity index (χ4n) is 2.65. The second-order valence-electron chi connectivity index (χ2n) is 5.42. The van der Waals surface area contributed by atoms with Gasteiger partial charge in [-0.1, -0.05) is 62.0 Å². The fraction of sp³-hybridized carbons (Fsp3) is 0.588. The largest absolute Gasteiger partial charge is 0.396 e. The van der Waals surface area contributed by atoms with Gasteiger partial charge in [-0.3, -0.25) is 0 Å². The molecule has 1 fully saturated rings. The Morgan fingerprint density at radius 1 is 1.16 bits per heavy atom. The molecule has 1 saturated carbocycles. The van der Waals surface area contributed by atoms with Crippen LogP contribution in [0.3, 0.4) is 0 Å². The second-order valence-corrected chi connectivity index (χ2v) is 5.42. The van der Waals surface area contributed by atoms with Gasteiger partial charge in [-0.15, -0.1) is 0 Å². The number of unbranched alkanes of at least 4 members (excludes halogenated alkanes) is 1. The zero-order valence-electron chi connectivity index (χ0n) is 12.0. The molecule has 0 atom stereocenters. The summed E-state index contributed by atoms with van der Waals surface area (Å²) in [6.45, 7) is 2.87. The van der Waals surface area contributed by atoms with Gasteiger partial charge in [0.1, 0.15) is 6.61 Å². The number of benzene rings is 1. The molecular weight excluding hydrogens is 234 g/mol. The topological polar surface area (TPSA) is 21.6 Å². The Bertz CT molecular complexity index is 377. The summed E-state index contributed by atoms with van der Waals surface area (Å²) in [5, 5.41) is 4.00. The first kappa shape index (κ1) is 14.1. The number of rotatable bonds is 6. The first-order chi connectivity index (χ1) is 9.40. The highest BCUT2D eigenvalue weighted by Gasteiger charge is 2.14. The minimum absolute atomic E-state index is 0.715. The minimum Gasteiger partial charge on any atom is -0.396 e. The summed E-state index contributed by atoms with van der Waals surface area (Å²) in [4.78, 5) is 5.19. The lowest BCUT2D eigenvalue weighted by molar-refractivity contribution is 0.143. The molecule has 1 aliphatic carbocycles. The third-order valence-corrected chi connectivity index (χ3v) is 3.88. The van der Waals surface area contributed by atoms with E-state index >= 15 is 0 Å². The van der Waals surface area contributed by atoms with Crippen molar-refractivity contribution in [3.63, 3.8) is 0 Å². The molecule has 1 aliphatic rings. The van der Waals surface area contributed by atoms with Crippen molar-refractivity contribution in [1.29, 1.82) is 0 Å². The van der Waals surface area contributed by atoms with Crippen LogP contribution in [0.1, 0.15) is 68.9 Å². The zero-order chi connectivity index (χ0) is 13.3. The van der Waals surface area contributed by atoms with Crippen molar-refractivity contribution in [2.24, 2.45) is 5.16 Å². The highest BCUT2D eigenvalue weighted by Crippen LogP contribution is 2.32. The molecule has 0 aromatic heterocycles. The summed E-state index contributed by atoms with van der Waals surface area (Å²) in [6.07, 6.45) is 10.9. The minimum atomic E-state index is 0.715. The van der Waals surface area contributed by atoms with E-state index in [9.17, 15) is 0 Å². The Labute approximate surface area is 116 Å². The van der Waals surface area contributed by atoms with Gasteiger partial charge in [0.15, 0.2) is 0 Å². The summed E-state index contributed by atoms with van der Waals surface area (Å²) in [7, 11) is 0. The first-order valence-electron chi connectivity index (χ1n) is 7.65. The van der Waals surface area contributed by atoms with Crippen molar-refractivity contribution in [3.8, 4) is 0 Å². The molecule has 1 aromatic carbocycles. The van der Waals surface area contributed by atoms with Crippen LogP contribution in [-0.2, 0) is 4.84 Å². The molecule has 1 aromatic rings. The Kier molecular flexibility index (Phi) is 5.93. The molecule has 0 unspecified atom stereocenters. The van der Waals surface area contributed by atoms with E-state index in [1.165, 1.54) is 37.7 Å². The number of oxime groups is 1. The van der Waals surface area contributed by atoms with Gasteiger partial charge in [-0.05, 0) is 36.3 Å². The highest BCUT2D eigenvalue weighted by molar-refractivity contribution is 5.79. The Balaban J connectivity index is 1.83. The molecule has 19 heavy (non-hydrogen) atoms. The van der Waals surface area contributed by atoms with E-state index in [1.807, 2.05) is 0 Å². The van der Waals surface area contributed by atoms with Gasteiger partial charge < -0.3 is 4.84 Å². The van der Waals surface area contributed by atoms with Crippen molar-refractivity contribution in [2.45, 2.75) is 57.8 Å². The number of hydrogen-bond donors (Lipinski definition) is 0. The van der Waals surface area contributed by atoms with E-state index in [0.29, 0.717) is 6.61 Å². The summed E-state index contributed by atoms with van der Waals surface area (Å²) < 4.78 is 0. The lowest BCUT2D eigenvalue weighted by Crippen LogP contribution is -2.04. The molecular formula is C17H25NO. The van der Waals surface area contributed by atoms with Gasteiger partial charge in [0.05, 0.1) is 6.21 Å². The van der Waals surface area contributed by atoms with Gasteiger partial charge in [0, 0.05) is 0 Å². The molecule has 2 nitrogen and oxygen atoms in total. The van der Waals surface area contributed by atoms with Gasteiger partial charge in [-0.2, -0.15) is 0 Å². The Morgan fingerprint density at radius 3 is 2.58 bits per heavy atom. The van der Waals surface area contributed by atoms with Crippen molar-refractivity contribution in [3.05, 3.63) is 35.4 Å². The molecule has 0 aliphatic heterocycles. The van der Waals surface area contributed by atoms with Crippen LogP contribution in [0.5, 0.6) is 0 Å². The monoisotopic (exact) mass is 259 g/mol. The first-order valence-corrected chi connectivity index (χ1v) is 7.65. The molecule has 104 valence electrons. The molecule has 0 spiro atoms. The van der Waals surface area contributed by atoms with Crippen molar-refractivity contribution in [1.82, 2.24) is 0 Å². The highest BCUT2D eigenvalue weighted by atomic mass is 16.6. The number of nitrogens with zero attached hydrogens (tertiary/aromatic N) is 1. The van der Waals surface area contributed by atoms with E-state index in [2.05, 4.69) is 36.3 Å². The predicted octanol–water partition coefficient (Wildman–Crippen LogP) is 4.88. The third-order valence-electron chi connectivity index (χ3n) is 3.88. The van der Waals surface area contributed by atoms with E-state index in [4.69, 9.17) is 4.84 Å². The van der Waals surface area contributed by atoms with Crippen LogP contribution >= 0.6 is 0 Å².